The van der Waals surface area contributed by atoms with E-state index in [2.05, 4.69) is 62.5 Å². The lowest BCUT2D eigenvalue weighted by molar-refractivity contribution is -0.154. The predicted octanol–water partition coefficient (Wildman–Crippen LogP) is 5.62. The van der Waals surface area contributed by atoms with Crippen LogP contribution in [-0.2, 0) is 9.53 Å². The number of carbonyl (C=O) groups excluding carboxylic acids is 1. The summed E-state index contributed by atoms with van der Waals surface area (Å²) >= 11 is 0. The van der Waals surface area contributed by atoms with E-state index in [9.17, 15) is 4.79 Å². The van der Waals surface area contributed by atoms with Gasteiger partial charge in [-0.1, -0.05) is 0 Å². The lowest BCUT2D eigenvalue weighted by Gasteiger charge is -2.34. The molecule has 2 aromatic heterocycles. The third kappa shape index (κ3) is 7.82. The molecule has 45 heavy (non-hydrogen) atoms. The number of H-pyrrole nitrogens is 2. The number of fused-ring (bicyclic) bond motifs is 2. The van der Waals surface area contributed by atoms with Crippen molar-refractivity contribution >= 4 is 33.7 Å². The molecule has 1 fully saturated rings. The molecule has 10 heteroatoms. The Balaban J connectivity index is 1.03. The lowest BCUT2D eigenvalue weighted by Crippen LogP contribution is -2.44. The van der Waals surface area contributed by atoms with Crippen molar-refractivity contribution in [3.63, 3.8) is 0 Å². The van der Waals surface area contributed by atoms with Crippen LogP contribution in [0.5, 0.6) is 5.75 Å². The monoisotopic (exact) mass is 609 g/mol. The van der Waals surface area contributed by atoms with E-state index >= 15 is 0 Å². The average molecular weight is 610 g/mol. The Kier molecular flexibility index (Phi) is 9.04. The topological polar surface area (TPSA) is 111 Å². The Bertz CT molecular complexity index is 1750. The van der Waals surface area contributed by atoms with Gasteiger partial charge >= 0.3 is 5.97 Å². The molecular weight excluding hydrogens is 566 g/mol. The number of hydrogen-bond donors (Lipinski definition) is 3. The minimum atomic E-state index is -0.444. The Labute approximate surface area is 264 Å². The van der Waals surface area contributed by atoms with Crippen molar-refractivity contribution in [2.24, 2.45) is 0 Å². The van der Waals surface area contributed by atoms with Gasteiger partial charge in [-0.2, -0.15) is 0 Å². The zero-order valence-electron chi connectivity index (χ0n) is 26.7. The minimum absolute atomic E-state index is 0.183. The molecule has 0 unspecified atom stereocenters. The van der Waals surface area contributed by atoms with Crippen LogP contribution in [0.25, 0.3) is 44.8 Å². The van der Waals surface area contributed by atoms with Crippen LogP contribution in [0.3, 0.4) is 0 Å². The van der Waals surface area contributed by atoms with Gasteiger partial charge in [-0.15, -0.1) is 0 Å². The number of anilines is 1. The van der Waals surface area contributed by atoms with Crippen molar-refractivity contribution in [1.29, 1.82) is 0 Å². The first-order valence-electron chi connectivity index (χ1n) is 15.8. The van der Waals surface area contributed by atoms with E-state index in [1.807, 2.05) is 51.1 Å². The van der Waals surface area contributed by atoms with E-state index in [1.165, 1.54) is 5.69 Å². The number of ether oxygens (including phenoxy) is 2. The lowest BCUT2D eigenvalue weighted by atomic mass is 10.2. The average Bonchev–Trinajstić information content (AvgIpc) is 3.64. The molecule has 1 saturated heterocycles. The number of carbonyl (C=O) groups is 1. The van der Waals surface area contributed by atoms with Gasteiger partial charge in [0.15, 0.2) is 0 Å². The van der Waals surface area contributed by atoms with Crippen molar-refractivity contribution in [3.05, 3.63) is 60.7 Å². The van der Waals surface area contributed by atoms with E-state index in [0.29, 0.717) is 19.6 Å². The summed E-state index contributed by atoms with van der Waals surface area (Å²) in [7, 11) is 2.18. The second kappa shape index (κ2) is 13.3. The molecule has 0 saturated carbocycles. The SMILES string of the molecule is CN1CCN(c2ccc3nc(-c4ccc5nc(-c6ccc(OCCCNCCC(=O)OC(C)(C)C)cc6)[nH]c5c4)[nH]c3c2)CC1. The zero-order valence-corrected chi connectivity index (χ0v) is 26.7. The summed E-state index contributed by atoms with van der Waals surface area (Å²) in [5.74, 6) is 2.28. The molecule has 10 nitrogen and oxygen atoms in total. The number of benzene rings is 3. The highest BCUT2D eigenvalue weighted by atomic mass is 16.6. The van der Waals surface area contributed by atoms with E-state index in [4.69, 9.17) is 19.4 Å². The number of hydrogen-bond acceptors (Lipinski definition) is 8. The van der Waals surface area contributed by atoms with Gasteiger partial charge in [-0.05, 0) is 101 Å². The third-order valence-electron chi connectivity index (χ3n) is 7.91. The molecule has 0 amide bonds. The fourth-order valence-corrected chi connectivity index (χ4v) is 5.49. The summed E-state index contributed by atoms with van der Waals surface area (Å²) in [5, 5.41) is 3.27. The Morgan fingerprint density at radius 1 is 0.844 bits per heavy atom. The van der Waals surface area contributed by atoms with Crippen molar-refractivity contribution in [3.8, 4) is 28.5 Å². The van der Waals surface area contributed by atoms with E-state index in [0.717, 1.165) is 89.7 Å². The number of nitrogens with one attached hydrogen (secondary N) is 3. The van der Waals surface area contributed by atoms with Crippen molar-refractivity contribution < 1.29 is 14.3 Å². The summed E-state index contributed by atoms with van der Waals surface area (Å²) in [6, 6.07) is 20.7. The van der Waals surface area contributed by atoms with Gasteiger partial charge in [0, 0.05) is 49.5 Å². The third-order valence-corrected chi connectivity index (χ3v) is 7.91. The number of likely N-dealkylation sites (N-methyl/N-ethyl adjacent to an activating group) is 1. The Morgan fingerprint density at radius 3 is 2.20 bits per heavy atom. The van der Waals surface area contributed by atoms with Crippen LogP contribution in [0.4, 0.5) is 5.69 Å². The maximum absolute atomic E-state index is 11.8. The van der Waals surface area contributed by atoms with Gasteiger partial charge in [-0.3, -0.25) is 4.79 Å². The molecule has 0 bridgehead atoms. The van der Waals surface area contributed by atoms with Crippen LogP contribution >= 0.6 is 0 Å². The van der Waals surface area contributed by atoms with Gasteiger partial charge in [0.05, 0.1) is 35.1 Å². The molecule has 3 aromatic carbocycles. The molecule has 0 spiro atoms. The normalized spacial score (nSPS) is 14.4. The standard InChI is InChI=1S/C35H43N7O3/c1-35(2,3)45-32(43)14-16-36-15-5-21-44-27-10-6-24(7-11-27)33-37-28-12-8-25(22-30(28)39-33)34-38-29-13-9-26(23-31(29)40-34)42-19-17-41(4)18-20-42/h6-13,22-23,36H,5,14-21H2,1-4H3,(H,37,39)(H,38,40). The summed E-state index contributed by atoms with van der Waals surface area (Å²) in [4.78, 5) is 33.3. The van der Waals surface area contributed by atoms with Crippen LogP contribution < -0.4 is 15.0 Å². The molecule has 5 aromatic rings. The molecule has 236 valence electrons. The fraction of sp³-hybridized carbons (Fsp3) is 0.400. The number of aromatic nitrogens is 4. The number of piperazine rings is 1. The highest BCUT2D eigenvalue weighted by molar-refractivity contribution is 5.87. The van der Waals surface area contributed by atoms with Crippen molar-refractivity contribution in [2.75, 3.05) is 57.8 Å². The minimum Gasteiger partial charge on any atom is -0.494 e. The van der Waals surface area contributed by atoms with Crippen LogP contribution in [0, 0.1) is 0 Å². The van der Waals surface area contributed by atoms with E-state index in [-0.39, 0.29) is 5.97 Å². The second-order valence-corrected chi connectivity index (χ2v) is 12.7. The molecule has 1 aliphatic heterocycles. The summed E-state index contributed by atoms with van der Waals surface area (Å²) < 4.78 is 11.2. The van der Waals surface area contributed by atoms with E-state index < -0.39 is 5.60 Å². The largest absolute Gasteiger partial charge is 0.494 e. The molecule has 6 rings (SSSR count). The number of nitrogens with zero attached hydrogens (tertiary/aromatic N) is 4. The summed E-state index contributed by atoms with van der Waals surface area (Å²) in [6.45, 7) is 11.8. The Hall–Kier alpha value is -4.41. The number of esters is 1. The first-order valence-corrected chi connectivity index (χ1v) is 15.8. The Morgan fingerprint density at radius 2 is 1.49 bits per heavy atom. The van der Waals surface area contributed by atoms with Crippen LogP contribution in [0.2, 0.25) is 0 Å². The van der Waals surface area contributed by atoms with Gasteiger partial charge in [0.1, 0.15) is 23.0 Å². The van der Waals surface area contributed by atoms with Crippen molar-refractivity contribution in [2.45, 2.75) is 39.2 Å². The van der Waals surface area contributed by atoms with Crippen LogP contribution in [0.1, 0.15) is 33.6 Å². The number of rotatable bonds is 11. The first-order chi connectivity index (χ1) is 21.7. The zero-order chi connectivity index (χ0) is 31.4. The smallest absolute Gasteiger partial charge is 0.307 e. The maximum atomic E-state index is 11.8. The van der Waals surface area contributed by atoms with Gasteiger partial charge < -0.3 is 34.6 Å². The van der Waals surface area contributed by atoms with Crippen molar-refractivity contribution in [1.82, 2.24) is 30.2 Å². The van der Waals surface area contributed by atoms with E-state index in [1.54, 1.807) is 0 Å². The summed E-state index contributed by atoms with van der Waals surface area (Å²) in [5.41, 5.74) is 6.67. The highest BCUT2D eigenvalue weighted by Gasteiger charge is 2.17. The number of aromatic amines is 2. The van der Waals surface area contributed by atoms with Gasteiger partial charge in [-0.25, -0.2) is 9.97 Å². The summed E-state index contributed by atoms with van der Waals surface area (Å²) in [6.07, 6.45) is 1.20. The van der Waals surface area contributed by atoms with Crippen LogP contribution in [-0.4, -0.2) is 89.3 Å². The molecular formula is C35H43N7O3. The predicted molar refractivity (Wildman–Crippen MR) is 180 cm³/mol. The number of imidazole rings is 2. The molecule has 3 heterocycles. The van der Waals surface area contributed by atoms with Crippen LogP contribution in [0.15, 0.2) is 60.7 Å². The fourth-order valence-electron chi connectivity index (χ4n) is 5.49. The first kappa shape index (κ1) is 30.6. The molecule has 0 aliphatic carbocycles. The molecule has 0 atom stereocenters. The highest BCUT2D eigenvalue weighted by Crippen LogP contribution is 2.29. The second-order valence-electron chi connectivity index (χ2n) is 12.7. The quantitative estimate of drug-likeness (QED) is 0.131. The molecule has 0 radical (unpaired) electrons. The van der Waals surface area contributed by atoms with Gasteiger partial charge in [0.2, 0.25) is 0 Å². The maximum Gasteiger partial charge on any atom is 0.307 e. The van der Waals surface area contributed by atoms with Gasteiger partial charge in [0.25, 0.3) is 0 Å². The molecule has 3 N–H and O–H groups in total. The molecule has 1 aliphatic rings.